The molecule has 2 fully saturated rings. The van der Waals surface area contributed by atoms with E-state index in [2.05, 4.69) is 40.5 Å². The van der Waals surface area contributed by atoms with Crippen molar-refractivity contribution in [1.82, 2.24) is 10.3 Å². The maximum absolute atomic E-state index is 5.70. The number of piperidine rings is 1. The highest BCUT2D eigenvalue weighted by molar-refractivity contribution is 5.68. The van der Waals surface area contributed by atoms with E-state index in [-0.39, 0.29) is 0 Å². The lowest BCUT2D eigenvalue weighted by Crippen LogP contribution is -2.43. The van der Waals surface area contributed by atoms with Crippen LogP contribution in [0.5, 0.6) is 17.2 Å². The van der Waals surface area contributed by atoms with Crippen molar-refractivity contribution in [2.45, 2.75) is 44.2 Å². The topological polar surface area (TPSA) is 55.9 Å². The van der Waals surface area contributed by atoms with Gasteiger partial charge in [-0.15, -0.1) is 0 Å². The molecule has 2 aromatic carbocycles. The molecule has 3 aromatic rings. The number of methoxy groups -OCH3 is 3. The van der Waals surface area contributed by atoms with Crippen LogP contribution in [-0.4, -0.2) is 45.4 Å². The highest BCUT2D eigenvalue weighted by atomic mass is 16.5. The molecule has 1 saturated carbocycles. The van der Waals surface area contributed by atoms with Crippen LogP contribution in [0, 0.1) is 0 Å². The molecule has 6 nitrogen and oxygen atoms in total. The van der Waals surface area contributed by atoms with Crippen molar-refractivity contribution in [3.05, 3.63) is 65.9 Å². The Hall–Kier alpha value is -3.25. The van der Waals surface area contributed by atoms with Gasteiger partial charge in [-0.3, -0.25) is 4.98 Å². The molecule has 35 heavy (non-hydrogen) atoms. The molecule has 0 bridgehead atoms. The molecule has 0 radical (unpaired) electrons. The molecule has 1 aromatic heterocycles. The summed E-state index contributed by atoms with van der Waals surface area (Å²) in [5.74, 6) is 3.05. The fraction of sp³-hybridized carbons (Fsp3) is 0.414. The fourth-order valence-electron chi connectivity index (χ4n) is 5.09. The van der Waals surface area contributed by atoms with E-state index in [1.54, 1.807) is 21.3 Å². The average molecular weight is 474 g/mol. The van der Waals surface area contributed by atoms with Crippen molar-refractivity contribution in [2.24, 2.45) is 0 Å². The summed E-state index contributed by atoms with van der Waals surface area (Å²) < 4.78 is 16.8. The van der Waals surface area contributed by atoms with Gasteiger partial charge in [-0.2, -0.15) is 0 Å². The molecule has 2 heterocycles. The quantitative estimate of drug-likeness (QED) is 0.448. The largest absolute Gasteiger partial charge is 0.497 e. The third-order valence-electron chi connectivity index (χ3n) is 7.15. The lowest BCUT2D eigenvalue weighted by atomic mass is 10.00. The van der Waals surface area contributed by atoms with Crippen LogP contribution in [0.15, 0.2) is 54.7 Å². The van der Waals surface area contributed by atoms with Crippen molar-refractivity contribution in [1.29, 1.82) is 0 Å². The van der Waals surface area contributed by atoms with Crippen LogP contribution in [-0.2, 0) is 6.54 Å². The Morgan fingerprint density at radius 3 is 2.31 bits per heavy atom. The minimum atomic E-state index is 0.490. The van der Waals surface area contributed by atoms with Gasteiger partial charge in [0.25, 0.3) is 0 Å². The molecule has 1 aliphatic carbocycles. The lowest BCUT2D eigenvalue weighted by molar-refractivity contribution is 0.352. The van der Waals surface area contributed by atoms with Gasteiger partial charge in [-0.1, -0.05) is 0 Å². The molecular weight excluding hydrogens is 438 g/mol. The Kier molecular flexibility index (Phi) is 7.09. The number of hydrogen-bond donors (Lipinski definition) is 1. The Labute approximate surface area is 208 Å². The molecule has 1 aliphatic heterocycles. The van der Waals surface area contributed by atoms with Crippen LogP contribution >= 0.6 is 0 Å². The zero-order chi connectivity index (χ0) is 24.2. The number of benzene rings is 2. The van der Waals surface area contributed by atoms with Gasteiger partial charge in [0.05, 0.1) is 27.0 Å². The maximum atomic E-state index is 5.70. The zero-order valence-electron chi connectivity index (χ0n) is 20.9. The number of ether oxygens (including phenoxy) is 3. The maximum Gasteiger partial charge on any atom is 0.164 e. The summed E-state index contributed by atoms with van der Waals surface area (Å²) in [6, 6.07) is 17.5. The lowest BCUT2D eigenvalue weighted by Gasteiger charge is -2.36. The van der Waals surface area contributed by atoms with Crippen LogP contribution in [0.1, 0.15) is 42.7 Å². The van der Waals surface area contributed by atoms with Crippen LogP contribution < -0.4 is 24.4 Å². The first kappa shape index (κ1) is 23.5. The summed E-state index contributed by atoms with van der Waals surface area (Å²) in [6.45, 7) is 2.93. The number of nitrogens with zero attached hydrogens (tertiary/aromatic N) is 2. The van der Waals surface area contributed by atoms with Crippen molar-refractivity contribution >= 4 is 5.69 Å². The third kappa shape index (κ3) is 5.22. The molecule has 184 valence electrons. The first-order valence-corrected chi connectivity index (χ1v) is 12.5. The minimum absolute atomic E-state index is 0.490. The molecule has 0 amide bonds. The zero-order valence-corrected chi connectivity index (χ0v) is 20.9. The van der Waals surface area contributed by atoms with Crippen LogP contribution in [0.2, 0.25) is 0 Å². The Morgan fingerprint density at radius 1 is 0.886 bits per heavy atom. The molecule has 2 aliphatic rings. The number of hydrogen-bond acceptors (Lipinski definition) is 6. The van der Waals surface area contributed by atoms with Gasteiger partial charge in [-0.05, 0) is 98.8 Å². The van der Waals surface area contributed by atoms with Gasteiger partial charge in [0.15, 0.2) is 11.5 Å². The van der Waals surface area contributed by atoms with E-state index < -0.39 is 0 Å². The minimum Gasteiger partial charge on any atom is -0.497 e. The van der Waals surface area contributed by atoms with E-state index >= 15 is 0 Å². The number of nitrogens with one attached hydrogen (secondary N) is 1. The van der Waals surface area contributed by atoms with Crippen LogP contribution in [0.3, 0.4) is 0 Å². The highest BCUT2D eigenvalue weighted by Crippen LogP contribution is 2.49. The van der Waals surface area contributed by atoms with Gasteiger partial charge in [0.2, 0.25) is 0 Å². The summed E-state index contributed by atoms with van der Waals surface area (Å²) in [7, 11) is 5.13. The van der Waals surface area contributed by atoms with Crippen LogP contribution in [0.25, 0.3) is 11.3 Å². The number of aromatic nitrogens is 1. The normalized spacial score (nSPS) is 16.1. The van der Waals surface area contributed by atoms with Crippen LogP contribution in [0.4, 0.5) is 5.69 Å². The van der Waals surface area contributed by atoms with Gasteiger partial charge in [0.1, 0.15) is 5.75 Å². The molecule has 0 spiro atoms. The second kappa shape index (κ2) is 10.6. The summed E-state index contributed by atoms with van der Waals surface area (Å²) in [4.78, 5) is 7.27. The van der Waals surface area contributed by atoms with Crippen molar-refractivity contribution < 1.29 is 14.2 Å². The average Bonchev–Trinajstić information content (AvgIpc) is 3.77. The molecule has 1 saturated heterocycles. The number of pyridine rings is 1. The number of anilines is 1. The van der Waals surface area contributed by atoms with E-state index in [9.17, 15) is 0 Å². The monoisotopic (exact) mass is 473 g/mol. The molecule has 5 rings (SSSR count). The van der Waals surface area contributed by atoms with Crippen molar-refractivity contribution in [3.8, 4) is 28.5 Å². The second-order valence-electron chi connectivity index (χ2n) is 9.43. The Morgan fingerprint density at radius 2 is 1.66 bits per heavy atom. The van der Waals surface area contributed by atoms with Gasteiger partial charge < -0.3 is 24.4 Å². The Balaban J connectivity index is 1.46. The van der Waals surface area contributed by atoms with E-state index in [0.29, 0.717) is 12.0 Å². The summed E-state index contributed by atoms with van der Waals surface area (Å²) in [6.07, 6.45) is 6.58. The van der Waals surface area contributed by atoms with E-state index in [1.807, 2.05) is 24.4 Å². The fourth-order valence-corrected chi connectivity index (χ4v) is 5.09. The van der Waals surface area contributed by atoms with Crippen molar-refractivity contribution in [3.63, 3.8) is 0 Å². The third-order valence-corrected chi connectivity index (χ3v) is 7.15. The molecule has 1 N–H and O–H groups in total. The van der Waals surface area contributed by atoms with Gasteiger partial charge >= 0.3 is 0 Å². The van der Waals surface area contributed by atoms with E-state index in [0.717, 1.165) is 61.0 Å². The summed E-state index contributed by atoms with van der Waals surface area (Å²) >= 11 is 0. The van der Waals surface area contributed by atoms with E-state index in [4.69, 9.17) is 19.2 Å². The summed E-state index contributed by atoms with van der Waals surface area (Å²) in [5, 5.41) is 3.49. The number of rotatable bonds is 9. The highest BCUT2D eigenvalue weighted by Gasteiger charge is 2.29. The van der Waals surface area contributed by atoms with Gasteiger partial charge in [0, 0.05) is 35.6 Å². The standard InChI is InChI=1S/C29H35N3O3/c1-33-25-8-6-23(7-9-25)32(24-11-13-30-14-12-24)19-20-10-15-31-27(16-20)22-17-26(21-4-5-21)29(35-3)28(18-22)34-2/h6-10,15-18,21,24,30H,4-5,11-14,19H2,1-3H3. The van der Waals surface area contributed by atoms with Crippen molar-refractivity contribution in [2.75, 3.05) is 39.3 Å². The predicted octanol–water partition coefficient (Wildman–Crippen LogP) is 5.41. The molecule has 0 atom stereocenters. The SMILES string of the molecule is COc1ccc(N(Cc2ccnc(-c3cc(OC)c(OC)c(C4CC4)c3)c2)C2CCNCC2)cc1. The first-order valence-electron chi connectivity index (χ1n) is 12.5. The van der Waals surface area contributed by atoms with E-state index in [1.165, 1.54) is 29.7 Å². The molecular formula is C29H35N3O3. The molecule has 6 heteroatoms. The van der Waals surface area contributed by atoms with Gasteiger partial charge in [-0.25, -0.2) is 0 Å². The smallest absolute Gasteiger partial charge is 0.164 e. The second-order valence-corrected chi connectivity index (χ2v) is 9.43. The molecule has 0 unspecified atom stereocenters. The summed E-state index contributed by atoms with van der Waals surface area (Å²) in [5.41, 5.74) is 5.73. The Bertz CT molecular complexity index is 1140. The predicted molar refractivity (Wildman–Crippen MR) is 140 cm³/mol. The first-order chi connectivity index (χ1) is 17.2.